The number of aliphatic hydroxyl groups excluding tert-OH is 1. The Hall–Kier alpha value is -0.300. The monoisotopic (exact) mass is 59.0 g/mol. The van der Waals surface area contributed by atoms with E-state index >= 15 is 0 Å². The van der Waals surface area contributed by atoms with Crippen LogP contribution in [0, 0.1) is 0 Å². The Morgan fingerprint density at radius 1 is 2.50 bits per heavy atom. The standard InChI is InChI=1S/C3H6O/c1-2-3-4/h2,4H,1,3H2/i4D. The summed E-state index contributed by atoms with van der Waals surface area (Å²) >= 11 is 0. The lowest BCUT2D eigenvalue weighted by Gasteiger charge is -1.60. The van der Waals surface area contributed by atoms with Crippen molar-refractivity contribution >= 4 is 0 Å². The second kappa shape index (κ2) is 2.70. The SMILES string of the molecule is [2H]OCC=C. The van der Waals surface area contributed by atoms with E-state index in [9.17, 15) is 0 Å². The maximum Gasteiger partial charge on any atom is 0.210 e. The van der Waals surface area contributed by atoms with Crippen LogP contribution in [0.4, 0.5) is 0 Å². The number of rotatable bonds is 2. The molecular formula is C3H6O. The second-order valence-electron chi connectivity index (χ2n) is 0.455. The number of aliphatic hydroxyl groups is 1. The van der Waals surface area contributed by atoms with Gasteiger partial charge in [-0.25, -0.2) is 0 Å². The highest BCUT2D eigenvalue weighted by molar-refractivity contribution is 4.60. The van der Waals surface area contributed by atoms with Gasteiger partial charge >= 0.3 is 0 Å². The van der Waals surface area contributed by atoms with Crippen molar-refractivity contribution in [1.29, 1.82) is 1.43 Å². The van der Waals surface area contributed by atoms with Crippen molar-refractivity contribution in [3.05, 3.63) is 12.7 Å². The van der Waals surface area contributed by atoms with Gasteiger partial charge in [0.05, 0.1) is 6.61 Å². The van der Waals surface area contributed by atoms with E-state index in [1.807, 2.05) is 0 Å². The fourth-order valence-electron chi connectivity index (χ4n) is 0. The third-order valence-electron chi connectivity index (χ3n) is 0.118. The fourth-order valence-corrected chi connectivity index (χ4v) is 0. The van der Waals surface area contributed by atoms with E-state index in [0.717, 1.165) is 0 Å². The summed E-state index contributed by atoms with van der Waals surface area (Å²) in [6, 6.07) is 0. The minimum Gasteiger partial charge on any atom is -0.392 e. The lowest BCUT2D eigenvalue weighted by Crippen LogP contribution is -1.62. The smallest absolute Gasteiger partial charge is 0.210 e. The maximum atomic E-state index is 6.03. The number of hydrogen-bond donors (Lipinski definition) is 1. The molecule has 0 aliphatic carbocycles. The van der Waals surface area contributed by atoms with Crippen molar-refractivity contribution in [3.8, 4) is 0 Å². The summed E-state index contributed by atoms with van der Waals surface area (Å²) in [4.78, 5) is 0. The zero-order valence-electron chi connectivity index (χ0n) is 3.40. The summed E-state index contributed by atoms with van der Waals surface area (Å²) in [6.07, 6.45) is 1.52. The Morgan fingerprint density at radius 3 is 3.25 bits per heavy atom. The van der Waals surface area contributed by atoms with Crippen LogP contribution in [0.3, 0.4) is 0 Å². The lowest BCUT2D eigenvalue weighted by atomic mass is 10.7. The predicted octanol–water partition coefficient (Wildman–Crippen LogP) is 0.165. The molecule has 0 amide bonds. The van der Waals surface area contributed by atoms with E-state index in [1.54, 1.807) is 0 Å². The predicted molar refractivity (Wildman–Crippen MR) is 17.3 cm³/mol. The molecule has 0 rings (SSSR count). The molecule has 0 radical (unpaired) electrons. The van der Waals surface area contributed by atoms with E-state index in [4.69, 9.17) is 1.43 Å². The maximum absolute atomic E-state index is 6.03. The Balaban J connectivity index is 2.40. The Labute approximate surface area is 27.1 Å². The topological polar surface area (TPSA) is 20.2 Å². The summed E-state index contributed by atoms with van der Waals surface area (Å²) in [5, 5.41) is 3.82. The molecule has 0 spiro atoms. The Morgan fingerprint density at radius 2 is 3.25 bits per heavy atom. The first-order valence-corrected chi connectivity index (χ1v) is 1.11. The van der Waals surface area contributed by atoms with Crippen LogP contribution in [-0.4, -0.2) is 13.1 Å². The molecule has 0 heterocycles. The van der Waals surface area contributed by atoms with Crippen LogP contribution in [0.1, 0.15) is 0 Å². The van der Waals surface area contributed by atoms with E-state index in [-0.39, 0.29) is 0 Å². The van der Waals surface area contributed by atoms with Crippen molar-refractivity contribution in [2.24, 2.45) is 0 Å². The Bertz CT molecular complexity index is 28.1. The molecule has 0 atom stereocenters. The molecule has 1 nitrogen and oxygen atoms in total. The molecule has 0 aromatic carbocycles. The fraction of sp³-hybridized carbons (Fsp3) is 0.333. The average molecular weight is 59.1 g/mol. The van der Waals surface area contributed by atoms with Gasteiger partial charge in [0, 0.05) is 0 Å². The van der Waals surface area contributed by atoms with Crippen LogP contribution < -0.4 is 0 Å². The van der Waals surface area contributed by atoms with Crippen molar-refractivity contribution in [2.75, 3.05) is 6.61 Å². The molecule has 0 saturated carbocycles. The first-order valence-electron chi connectivity index (χ1n) is 1.51. The van der Waals surface area contributed by atoms with Gasteiger partial charge in [-0.15, -0.1) is 6.58 Å². The molecule has 0 unspecified atom stereocenters. The highest BCUT2D eigenvalue weighted by Crippen LogP contribution is 1.46. The summed E-state index contributed by atoms with van der Waals surface area (Å²) in [7, 11) is 0. The molecule has 1 N–H and O–H groups in total. The lowest BCUT2D eigenvalue weighted by molar-refractivity contribution is 0.343. The molecule has 0 aromatic rings. The number of hydrogen-bond acceptors (Lipinski definition) is 1. The van der Waals surface area contributed by atoms with Crippen LogP contribution in [0.15, 0.2) is 12.7 Å². The minimum atomic E-state index is 0.319. The van der Waals surface area contributed by atoms with Crippen molar-refractivity contribution in [3.63, 3.8) is 0 Å². The molecule has 0 fully saturated rings. The molecule has 0 aromatic heterocycles. The van der Waals surface area contributed by atoms with E-state index < -0.39 is 0 Å². The quantitative estimate of drug-likeness (QED) is 0.449. The molecule has 0 aliphatic rings. The van der Waals surface area contributed by atoms with Gasteiger partial charge in [-0.05, 0) is 0 Å². The van der Waals surface area contributed by atoms with Gasteiger partial charge in [0.2, 0.25) is 1.43 Å². The van der Waals surface area contributed by atoms with Crippen LogP contribution in [-0.2, 0) is 0 Å². The highest BCUT2D eigenvalue weighted by Gasteiger charge is 1.45. The largest absolute Gasteiger partial charge is 0.392 e. The first kappa shape index (κ1) is 1.97. The van der Waals surface area contributed by atoms with E-state index in [2.05, 4.69) is 11.7 Å². The van der Waals surface area contributed by atoms with Gasteiger partial charge < -0.3 is 5.11 Å². The molecule has 24 valence electrons. The molecule has 0 saturated heterocycles. The third-order valence-corrected chi connectivity index (χ3v) is 0.118. The van der Waals surface area contributed by atoms with Crippen LogP contribution in [0.5, 0.6) is 0 Å². The van der Waals surface area contributed by atoms with Gasteiger partial charge in [-0.1, -0.05) is 6.08 Å². The van der Waals surface area contributed by atoms with Gasteiger partial charge in [0.1, 0.15) is 0 Å². The van der Waals surface area contributed by atoms with Crippen LogP contribution in [0.25, 0.3) is 0 Å². The zero-order chi connectivity index (χ0) is 4.12. The zero-order valence-corrected chi connectivity index (χ0v) is 2.40. The normalized spacial score (nSPS) is 9.50. The van der Waals surface area contributed by atoms with Crippen molar-refractivity contribution in [2.45, 2.75) is 0 Å². The Kier molecular flexibility index (Phi) is 1.33. The van der Waals surface area contributed by atoms with Gasteiger partial charge in [0.15, 0.2) is 0 Å². The van der Waals surface area contributed by atoms with E-state index in [0.29, 0.717) is 6.61 Å². The first-order chi connectivity index (χ1) is 2.41. The molecule has 1 heteroatoms. The van der Waals surface area contributed by atoms with Crippen LogP contribution >= 0.6 is 0 Å². The third kappa shape index (κ3) is 1.70. The second-order valence-corrected chi connectivity index (χ2v) is 0.455. The summed E-state index contributed by atoms with van der Waals surface area (Å²) in [5.74, 6) is 0. The summed E-state index contributed by atoms with van der Waals surface area (Å²) in [6.45, 7) is 3.62. The van der Waals surface area contributed by atoms with Crippen molar-refractivity contribution in [1.82, 2.24) is 0 Å². The van der Waals surface area contributed by atoms with Gasteiger partial charge in [-0.3, -0.25) is 0 Å². The average Bonchev–Trinajstić information content (AvgIpc) is 1.41. The van der Waals surface area contributed by atoms with Gasteiger partial charge in [-0.2, -0.15) is 0 Å². The van der Waals surface area contributed by atoms with E-state index in [1.165, 1.54) is 6.08 Å². The molecule has 0 bridgehead atoms. The van der Waals surface area contributed by atoms with Crippen molar-refractivity contribution < 1.29 is 5.11 Å². The summed E-state index contributed by atoms with van der Waals surface area (Å²) in [5.41, 5.74) is 0. The van der Waals surface area contributed by atoms with Crippen LogP contribution in [0.2, 0.25) is 0 Å². The highest BCUT2D eigenvalue weighted by atomic mass is 16.2. The molecular weight excluding hydrogens is 52.0 g/mol. The summed E-state index contributed by atoms with van der Waals surface area (Å²) < 4.78 is 6.03. The molecule has 0 aliphatic heterocycles. The van der Waals surface area contributed by atoms with Gasteiger partial charge in [0.25, 0.3) is 0 Å². The molecule has 4 heavy (non-hydrogen) atoms. The minimum absolute atomic E-state index is 0.319.